The maximum Gasteiger partial charge on any atom is 0.264 e. The van der Waals surface area contributed by atoms with Gasteiger partial charge in [0.25, 0.3) is 10.0 Å². The standard InChI is InChI=1S/C14H14BrFN2O2S/c1-2-17-12-8-3-4-9-13(12)21(19,20)18-14-10(15)6-5-7-11(14)16/h3-9,17-18H,2H2,1H3. The van der Waals surface area contributed by atoms with Crippen LogP contribution in [-0.2, 0) is 10.0 Å². The first-order chi connectivity index (χ1) is 9.95. The molecule has 7 heteroatoms. The third-order valence-electron chi connectivity index (χ3n) is 2.74. The zero-order chi connectivity index (χ0) is 15.5. The van der Waals surface area contributed by atoms with Crippen molar-refractivity contribution in [1.29, 1.82) is 0 Å². The van der Waals surface area contributed by atoms with Gasteiger partial charge in [-0.25, -0.2) is 12.8 Å². The van der Waals surface area contributed by atoms with Gasteiger partial charge in [-0.15, -0.1) is 0 Å². The van der Waals surface area contributed by atoms with Crippen LogP contribution in [0.4, 0.5) is 15.8 Å². The van der Waals surface area contributed by atoms with E-state index in [-0.39, 0.29) is 10.6 Å². The van der Waals surface area contributed by atoms with Gasteiger partial charge in [-0.2, -0.15) is 0 Å². The van der Waals surface area contributed by atoms with Crippen LogP contribution in [0, 0.1) is 5.82 Å². The third-order valence-corrected chi connectivity index (χ3v) is 4.81. The van der Waals surface area contributed by atoms with Crippen molar-refractivity contribution in [3.05, 3.63) is 52.8 Å². The van der Waals surface area contributed by atoms with Crippen molar-refractivity contribution in [1.82, 2.24) is 0 Å². The SMILES string of the molecule is CCNc1ccccc1S(=O)(=O)Nc1c(F)cccc1Br. The topological polar surface area (TPSA) is 58.2 Å². The van der Waals surface area contributed by atoms with Crippen molar-refractivity contribution in [2.75, 3.05) is 16.6 Å². The summed E-state index contributed by atoms with van der Waals surface area (Å²) in [5.41, 5.74) is 0.365. The number of benzene rings is 2. The van der Waals surface area contributed by atoms with Gasteiger partial charge in [0.15, 0.2) is 0 Å². The number of para-hydroxylation sites is 2. The number of hydrogen-bond acceptors (Lipinski definition) is 3. The summed E-state index contributed by atoms with van der Waals surface area (Å²) in [5, 5.41) is 2.97. The van der Waals surface area contributed by atoms with E-state index in [2.05, 4.69) is 26.0 Å². The Bertz CT molecular complexity index is 730. The number of nitrogens with one attached hydrogen (secondary N) is 2. The van der Waals surface area contributed by atoms with E-state index in [0.717, 1.165) is 0 Å². The van der Waals surface area contributed by atoms with Crippen molar-refractivity contribution in [3.63, 3.8) is 0 Å². The van der Waals surface area contributed by atoms with Crippen molar-refractivity contribution in [2.24, 2.45) is 0 Å². The van der Waals surface area contributed by atoms with Crippen LogP contribution in [0.5, 0.6) is 0 Å². The summed E-state index contributed by atoms with van der Waals surface area (Å²) >= 11 is 3.14. The minimum absolute atomic E-state index is 0.0713. The fourth-order valence-electron chi connectivity index (χ4n) is 1.82. The summed E-state index contributed by atoms with van der Waals surface area (Å²) in [5.74, 6) is -0.645. The molecule has 0 radical (unpaired) electrons. The predicted molar refractivity (Wildman–Crippen MR) is 85.5 cm³/mol. The summed E-state index contributed by atoms with van der Waals surface area (Å²) in [6.45, 7) is 2.44. The lowest BCUT2D eigenvalue weighted by Gasteiger charge is -2.14. The fourth-order valence-corrected chi connectivity index (χ4v) is 3.67. The number of hydrogen-bond donors (Lipinski definition) is 2. The summed E-state index contributed by atoms with van der Waals surface area (Å²) in [6.07, 6.45) is 0. The molecule has 0 spiro atoms. The predicted octanol–water partition coefficient (Wildman–Crippen LogP) is 3.82. The zero-order valence-electron chi connectivity index (χ0n) is 11.2. The van der Waals surface area contributed by atoms with Crippen LogP contribution in [0.25, 0.3) is 0 Å². The average molecular weight is 373 g/mol. The molecule has 0 aliphatic heterocycles. The smallest absolute Gasteiger partial charge is 0.264 e. The minimum atomic E-state index is -3.89. The van der Waals surface area contributed by atoms with Gasteiger partial charge >= 0.3 is 0 Å². The molecule has 4 nitrogen and oxygen atoms in total. The first-order valence-electron chi connectivity index (χ1n) is 6.25. The Kier molecular flexibility index (Phi) is 4.84. The van der Waals surface area contributed by atoms with Gasteiger partial charge in [-0.1, -0.05) is 18.2 Å². The Balaban J connectivity index is 2.44. The molecule has 0 amide bonds. The van der Waals surface area contributed by atoms with Crippen LogP contribution in [0.2, 0.25) is 0 Å². The van der Waals surface area contributed by atoms with Gasteiger partial charge in [0.05, 0.1) is 11.4 Å². The van der Waals surface area contributed by atoms with E-state index in [0.29, 0.717) is 16.7 Å². The maximum atomic E-state index is 13.8. The zero-order valence-corrected chi connectivity index (χ0v) is 13.6. The van der Waals surface area contributed by atoms with Gasteiger partial charge in [0.2, 0.25) is 0 Å². The van der Waals surface area contributed by atoms with Crippen molar-refractivity contribution in [3.8, 4) is 0 Å². The van der Waals surface area contributed by atoms with Crippen LogP contribution in [0.1, 0.15) is 6.92 Å². The largest absolute Gasteiger partial charge is 0.384 e. The van der Waals surface area contributed by atoms with Gasteiger partial charge in [0, 0.05) is 11.0 Å². The van der Waals surface area contributed by atoms with E-state index in [4.69, 9.17) is 0 Å². The number of sulfonamides is 1. The molecule has 21 heavy (non-hydrogen) atoms. The Hall–Kier alpha value is -1.60. The van der Waals surface area contributed by atoms with E-state index in [1.54, 1.807) is 24.3 Å². The Morgan fingerprint density at radius 1 is 1.14 bits per heavy atom. The second-order valence-electron chi connectivity index (χ2n) is 4.23. The lowest BCUT2D eigenvalue weighted by molar-refractivity contribution is 0.598. The monoisotopic (exact) mass is 372 g/mol. The molecule has 2 aromatic carbocycles. The van der Waals surface area contributed by atoms with Crippen LogP contribution >= 0.6 is 15.9 Å². The lowest BCUT2D eigenvalue weighted by Crippen LogP contribution is -2.16. The second kappa shape index (κ2) is 6.44. The molecule has 0 aliphatic carbocycles. The number of anilines is 2. The van der Waals surface area contributed by atoms with Crippen molar-refractivity contribution < 1.29 is 12.8 Å². The number of rotatable bonds is 5. The fraction of sp³-hybridized carbons (Fsp3) is 0.143. The molecule has 2 N–H and O–H groups in total. The molecular formula is C14H14BrFN2O2S. The minimum Gasteiger partial charge on any atom is -0.384 e. The molecule has 0 saturated carbocycles. The van der Waals surface area contributed by atoms with E-state index in [9.17, 15) is 12.8 Å². The molecular weight excluding hydrogens is 359 g/mol. The highest BCUT2D eigenvalue weighted by atomic mass is 79.9. The van der Waals surface area contributed by atoms with Crippen LogP contribution in [-0.4, -0.2) is 15.0 Å². The van der Waals surface area contributed by atoms with Gasteiger partial charge in [0.1, 0.15) is 10.7 Å². The molecule has 0 saturated heterocycles. The molecule has 0 aromatic heterocycles. The highest BCUT2D eigenvalue weighted by molar-refractivity contribution is 9.10. The van der Waals surface area contributed by atoms with E-state index in [1.807, 2.05) is 6.92 Å². The summed E-state index contributed by atoms with van der Waals surface area (Å²) < 4.78 is 41.3. The molecule has 0 heterocycles. The summed E-state index contributed by atoms with van der Waals surface area (Å²) in [7, 11) is -3.89. The molecule has 2 aromatic rings. The van der Waals surface area contributed by atoms with Gasteiger partial charge < -0.3 is 5.32 Å². The second-order valence-corrected chi connectivity index (χ2v) is 6.73. The third kappa shape index (κ3) is 3.54. The highest BCUT2D eigenvalue weighted by Gasteiger charge is 2.20. The first kappa shape index (κ1) is 15.8. The maximum absolute atomic E-state index is 13.8. The van der Waals surface area contributed by atoms with Gasteiger partial charge in [-0.05, 0) is 47.1 Å². The molecule has 0 bridgehead atoms. The Morgan fingerprint density at radius 2 is 1.86 bits per heavy atom. The van der Waals surface area contributed by atoms with E-state index >= 15 is 0 Å². The normalized spacial score (nSPS) is 11.2. The Morgan fingerprint density at radius 3 is 2.52 bits per heavy atom. The average Bonchev–Trinajstić information content (AvgIpc) is 2.44. The molecule has 2 rings (SSSR count). The summed E-state index contributed by atoms with van der Waals surface area (Å²) in [6, 6.07) is 10.7. The Labute approximate surface area is 131 Å². The van der Waals surface area contributed by atoms with E-state index in [1.165, 1.54) is 18.2 Å². The van der Waals surface area contributed by atoms with Crippen LogP contribution in [0.3, 0.4) is 0 Å². The molecule has 112 valence electrons. The van der Waals surface area contributed by atoms with Crippen molar-refractivity contribution in [2.45, 2.75) is 11.8 Å². The van der Waals surface area contributed by atoms with Gasteiger partial charge in [-0.3, -0.25) is 4.72 Å². The summed E-state index contributed by atoms with van der Waals surface area (Å²) in [4.78, 5) is 0.0713. The molecule has 0 aliphatic rings. The number of halogens is 2. The molecule has 0 unspecified atom stereocenters. The van der Waals surface area contributed by atoms with Crippen LogP contribution < -0.4 is 10.0 Å². The molecule has 0 fully saturated rings. The quantitative estimate of drug-likeness (QED) is 0.838. The molecule has 0 atom stereocenters. The van der Waals surface area contributed by atoms with Crippen LogP contribution in [0.15, 0.2) is 51.8 Å². The first-order valence-corrected chi connectivity index (χ1v) is 8.53. The highest BCUT2D eigenvalue weighted by Crippen LogP contribution is 2.29. The van der Waals surface area contributed by atoms with E-state index < -0.39 is 15.8 Å². The van der Waals surface area contributed by atoms with Crippen molar-refractivity contribution >= 4 is 37.3 Å². The lowest BCUT2D eigenvalue weighted by atomic mass is 10.3.